The molecule has 0 unspecified atom stereocenters. The Morgan fingerprint density at radius 1 is 1.43 bits per heavy atom. The van der Waals surface area contributed by atoms with E-state index in [4.69, 9.17) is 5.73 Å². The van der Waals surface area contributed by atoms with E-state index in [-0.39, 0.29) is 0 Å². The van der Waals surface area contributed by atoms with Gasteiger partial charge in [0.1, 0.15) is 0 Å². The summed E-state index contributed by atoms with van der Waals surface area (Å²) in [4.78, 5) is 0. The fourth-order valence-corrected chi connectivity index (χ4v) is 1.44. The highest BCUT2D eigenvalue weighted by Crippen LogP contribution is 2.20. The summed E-state index contributed by atoms with van der Waals surface area (Å²) in [5, 5.41) is 7.61. The molecular weight excluding hydrogens is 244 g/mol. The number of hydrogen-bond donors (Lipinski definition) is 1. The number of benzene rings is 1. The molecule has 2 N–H and O–H groups in total. The SMILES string of the molecule is Nc1cc(Cn2ccnn2)ccc1Br. The highest BCUT2D eigenvalue weighted by molar-refractivity contribution is 9.10. The number of nitrogens with zero attached hydrogens (tertiary/aromatic N) is 3. The van der Waals surface area contributed by atoms with Crippen LogP contribution < -0.4 is 5.73 Å². The normalized spacial score (nSPS) is 10.4. The van der Waals surface area contributed by atoms with E-state index in [2.05, 4.69) is 26.2 Å². The van der Waals surface area contributed by atoms with Gasteiger partial charge in [-0.25, -0.2) is 4.68 Å². The summed E-state index contributed by atoms with van der Waals surface area (Å²) in [6, 6.07) is 5.86. The summed E-state index contributed by atoms with van der Waals surface area (Å²) in [5.41, 5.74) is 7.60. The Hall–Kier alpha value is -1.36. The number of aromatic nitrogens is 3. The second kappa shape index (κ2) is 3.79. The van der Waals surface area contributed by atoms with E-state index in [1.807, 2.05) is 24.4 Å². The van der Waals surface area contributed by atoms with Crippen molar-refractivity contribution in [3.05, 3.63) is 40.6 Å². The van der Waals surface area contributed by atoms with Crippen molar-refractivity contribution < 1.29 is 0 Å². The zero-order chi connectivity index (χ0) is 9.97. The summed E-state index contributed by atoms with van der Waals surface area (Å²) in [6.45, 7) is 0.692. The molecule has 0 radical (unpaired) electrons. The van der Waals surface area contributed by atoms with Crippen LogP contribution >= 0.6 is 15.9 Å². The van der Waals surface area contributed by atoms with Crippen LogP contribution in [0.4, 0.5) is 5.69 Å². The van der Waals surface area contributed by atoms with Gasteiger partial charge in [0.05, 0.1) is 12.7 Å². The van der Waals surface area contributed by atoms with Crippen LogP contribution in [0.2, 0.25) is 0 Å². The molecule has 0 saturated carbocycles. The number of halogens is 1. The van der Waals surface area contributed by atoms with E-state index < -0.39 is 0 Å². The van der Waals surface area contributed by atoms with E-state index in [0.29, 0.717) is 6.54 Å². The lowest BCUT2D eigenvalue weighted by atomic mass is 10.2. The van der Waals surface area contributed by atoms with Crippen LogP contribution in [-0.2, 0) is 6.54 Å². The Bertz CT molecular complexity index is 424. The van der Waals surface area contributed by atoms with Gasteiger partial charge in [-0.2, -0.15) is 0 Å². The molecule has 14 heavy (non-hydrogen) atoms. The highest BCUT2D eigenvalue weighted by atomic mass is 79.9. The van der Waals surface area contributed by atoms with E-state index in [0.717, 1.165) is 15.7 Å². The smallest absolute Gasteiger partial charge is 0.0693 e. The molecule has 0 fully saturated rings. The lowest BCUT2D eigenvalue weighted by Gasteiger charge is -2.03. The molecule has 0 bridgehead atoms. The maximum atomic E-state index is 5.76. The van der Waals surface area contributed by atoms with Gasteiger partial charge in [0.15, 0.2) is 0 Å². The average molecular weight is 253 g/mol. The molecule has 1 aromatic carbocycles. The summed E-state index contributed by atoms with van der Waals surface area (Å²) in [5.74, 6) is 0. The third-order valence-electron chi connectivity index (χ3n) is 1.88. The molecule has 0 amide bonds. The molecule has 1 heterocycles. The van der Waals surface area contributed by atoms with Crippen molar-refractivity contribution >= 4 is 21.6 Å². The zero-order valence-corrected chi connectivity index (χ0v) is 8.98. The summed E-state index contributed by atoms with van der Waals surface area (Å²) >= 11 is 3.35. The molecule has 0 aliphatic carbocycles. The van der Waals surface area contributed by atoms with Crippen molar-refractivity contribution in [1.29, 1.82) is 0 Å². The second-order valence-electron chi connectivity index (χ2n) is 2.96. The largest absolute Gasteiger partial charge is 0.398 e. The lowest BCUT2D eigenvalue weighted by Crippen LogP contribution is -2.01. The Morgan fingerprint density at radius 3 is 2.93 bits per heavy atom. The number of hydrogen-bond acceptors (Lipinski definition) is 3. The summed E-state index contributed by atoms with van der Waals surface area (Å²) < 4.78 is 2.67. The van der Waals surface area contributed by atoms with Gasteiger partial charge in [-0.05, 0) is 33.6 Å². The fraction of sp³-hybridized carbons (Fsp3) is 0.111. The molecule has 1 aromatic heterocycles. The van der Waals surface area contributed by atoms with Crippen LogP contribution in [0.5, 0.6) is 0 Å². The molecule has 2 aromatic rings. The Labute approximate surface area is 89.9 Å². The minimum absolute atomic E-state index is 0.692. The Morgan fingerprint density at radius 2 is 2.29 bits per heavy atom. The third-order valence-corrected chi connectivity index (χ3v) is 2.60. The number of nitrogens with two attached hydrogens (primary N) is 1. The van der Waals surface area contributed by atoms with Gasteiger partial charge in [0.25, 0.3) is 0 Å². The average Bonchev–Trinajstić information content (AvgIpc) is 2.64. The monoisotopic (exact) mass is 252 g/mol. The molecule has 0 saturated heterocycles. The van der Waals surface area contributed by atoms with Gasteiger partial charge in [0.2, 0.25) is 0 Å². The van der Waals surface area contributed by atoms with E-state index in [1.54, 1.807) is 10.9 Å². The number of anilines is 1. The molecule has 0 aliphatic heterocycles. The molecule has 0 atom stereocenters. The maximum Gasteiger partial charge on any atom is 0.0693 e. The minimum atomic E-state index is 0.692. The van der Waals surface area contributed by atoms with Gasteiger partial charge in [-0.1, -0.05) is 11.3 Å². The van der Waals surface area contributed by atoms with Crippen LogP contribution in [0.1, 0.15) is 5.56 Å². The molecule has 72 valence electrons. The lowest BCUT2D eigenvalue weighted by molar-refractivity contribution is 0.650. The highest BCUT2D eigenvalue weighted by Gasteiger charge is 1.99. The predicted octanol–water partition coefficient (Wildman–Crippen LogP) is 1.67. The first-order chi connectivity index (χ1) is 6.75. The van der Waals surface area contributed by atoms with Gasteiger partial charge in [-0.3, -0.25) is 0 Å². The van der Waals surface area contributed by atoms with E-state index >= 15 is 0 Å². The third kappa shape index (κ3) is 1.93. The first-order valence-corrected chi connectivity index (χ1v) is 4.93. The molecule has 0 spiro atoms. The molecule has 4 nitrogen and oxygen atoms in total. The maximum absolute atomic E-state index is 5.76. The first kappa shape index (κ1) is 9.21. The van der Waals surface area contributed by atoms with Crippen LogP contribution in [0.15, 0.2) is 35.1 Å². The molecule has 0 aliphatic rings. The predicted molar refractivity (Wildman–Crippen MR) is 57.7 cm³/mol. The topological polar surface area (TPSA) is 56.7 Å². The molecule has 5 heteroatoms. The quantitative estimate of drug-likeness (QED) is 0.828. The standard InChI is InChI=1S/C9H9BrN4/c10-8-2-1-7(5-9(8)11)6-14-4-3-12-13-14/h1-5H,6,11H2. The van der Waals surface area contributed by atoms with Crippen molar-refractivity contribution in [3.63, 3.8) is 0 Å². The van der Waals surface area contributed by atoms with Gasteiger partial charge in [0, 0.05) is 16.4 Å². The summed E-state index contributed by atoms with van der Waals surface area (Å²) in [6.07, 6.45) is 3.47. The first-order valence-electron chi connectivity index (χ1n) is 4.14. The van der Waals surface area contributed by atoms with Crippen molar-refractivity contribution in [3.8, 4) is 0 Å². The number of rotatable bonds is 2. The second-order valence-corrected chi connectivity index (χ2v) is 3.81. The van der Waals surface area contributed by atoms with Crippen molar-refractivity contribution in [2.75, 3.05) is 5.73 Å². The van der Waals surface area contributed by atoms with Crippen LogP contribution in [0.3, 0.4) is 0 Å². The Kier molecular flexibility index (Phi) is 2.49. The minimum Gasteiger partial charge on any atom is -0.398 e. The van der Waals surface area contributed by atoms with Crippen LogP contribution in [0, 0.1) is 0 Å². The van der Waals surface area contributed by atoms with Crippen LogP contribution in [0.25, 0.3) is 0 Å². The Balaban J connectivity index is 2.22. The van der Waals surface area contributed by atoms with E-state index in [9.17, 15) is 0 Å². The fourth-order valence-electron chi connectivity index (χ4n) is 1.20. The van der Waals surface area contributed by atoms with Crippen molar-refractivity contribution in [1.82, 2.24) is 15.0 Å². The molecular formula is C9H9BrN4. The number of nitrogen functional groups attached to an aromatic ring is 1. The van der Waals surface area contributed by atoms with Gasteiger partial charge >= 0.3 is 0 Å². The van der Waals surface area contributed by atoms with Crippen molar-refractivity contribution in [2.24, 2.45) is 0 Å². The molecule has 2 rings (SSSR count). The van der Waals surface area contributed by atoms with Crippen LogP contribution in [-0.4, -0.2) is 15.0 Å². The van der Waals surface area contributed by atoms with E-state index in [1.165, 1.54) is 0 Å². The summed E-state index contributed by atoms with van der Waals surface area (Å²) in [7, 11) is 0. The van der Waals surface area contributed by atoms with Crippen molar-refractivity contribution in [2.45, 2.75) is 6.54 Å². The zero-order valence-electron chi connectivity index (χ0n) is 7.39. The van der Waals surface area contributed by atoms with Gasteiger partial charge in [-0.15, -0.1) is 5.10 Å². The van der Waals surface area contributed by atoms with Gasteiger partial charge < -0.3 is 5.73 Å².